The first-order valence-electron chi connectivity index (χ1n) is 5.12. The molecule has 0 aliphatic heterocycles. The molecule has 0 spiro atoms. The molecular formula is C12H9Cl2N3O. The average molecular weight is 282 g/mol. The number of aromatic nitrogens is 2. The molecule has 92 valence electrons. The summed E-state index contributed by atoms with van der Waals surface area (Å²) in [5.41, 5.74) is 1.69. The van der Waals surface area contributed by atoms with E-state index >= 15 is 0 Å². The Kier molecular flexibility index (Phi) is 3.79. The number of halogens is 2. The number of rotatable bonds is 2. The molecule has 2 aromatic rings. The van der Waals surface area contributed by atoms with Crippen LogP contribution in [0.2, 0.25) is 10.3 Å². The first kappa shape index (κ1) is 12.8. The van der Waals surface area contributed by atoms with Crippen molar-refractivity contribution >= 4 is 34.8 Å². The summed E-state index contributed by atoms with van der Waals surface area (Å²) in [5, 5.41) is 3.46. The molecule has 2 heterocycles. The molecule has 4 nitrogen and oxygen atoms in total. The quantitative estimate of drug-likeness (QED) is 0.859. The van der Waals surface area contributed by atoms with E-state index in [9.17, 15) is 4.79 Å². The minimum Gasteiger partial charge on any atom is -0.320 e. The second kappa shape index (κ2) is 5.33. The van der Waals surface area contributed by atoms with Gasteiger partial charge in [0, 0.05) is 6.20 Å². The van der Waals surface area contributed by atoms with Gasteiger partial charge >= 0.3 is 0 Å². The van der Waals surface area contributed by atoms with Crippen LogP contribution >= 0.6 is 23.2 Å². The third-order valence-electron chi connectivity index (χ3n) is 2.29. The molecule has 6 heteroatoms. The number of amides is 1. The van der Waals surface area contributed by atoms with Crippen molar-refractivity contribution in [3.05, 3.63) is 52.0 Å². The summed E-state index contributed by atoms with van der Waals surface area (Å²) in [5.74, 6) is -0.272. The second-order valence-corrected chi connectivity index (χ2v) is 4.37. The molecule has 2 aromatic heterocycles. The summed E-state index contributed by atoms with van der Waals surface area (Å²) >= 11 is 11.4. The van der Waals surface area contributed by atoms with Gasteiger partial charge in [0.15, 0.2) is 0 Å². The van der Waals surface area contributed by atoms with Crippen LogP contribution in [0.1, 0.15) is 16.1 Å². The van der Waals surface area contributed by atoms with Crippen molar-refractivity contribution in [1.82, 2.24) is 9.97 Å². The van der Waals surface area contributed by atoms with E-state index in [0.717, 1.165) is 0 Å². The number of nitrogens with zero attached hydrogens (tertiary/aromatic N) is 2. The van der Waals surface area contributed by atoms with Crippen molar-refractivity contribution in [2.45, 2.75) is 6.92 Å². The van der Waals surface area contributed by atoms with E-state index in [1.165, 1.54) is 6.20 Å². The number of hydrogen-bond acceptors (Lipinski definition) is 3. The second-order valence-electron chi connectivity index (χ2n) is 3.59. The van der Waals surface area contributed by atoms with E-state index in [1.807, 2.05) is 0 Å². The maximum Gasteiger partial charge on any atom is 0.257 e. The molecule has 1 N–H and O–H groups in total. The highest BCUT2D eigenvalue weighted by Crippen LogP contribution is 2.16. The number of carbonyl (C=O) groups is 1. The van der Waals surface area contributed by atoms with Gasteiger partial charge in [-0.15, -0.1) is 0 Å². The molecule has 2 rings (SSSR count). The number of hydrogen-bond donors (Lipinski definition) is 1. The lowest BCUT2D eigenvalue weighted by Gasteiger charge is -2.07. The molecule has 0 unspecified atom stereocenters. The maximum absolute atomic E-state index is 11.9. The predicted molar refractivity (Wildman–Crippen MR) is 71.2 cm³/mol. The summed E-state index contributed by atoms with van der Waals surface area (Å²) in [4.78, 5) is 19.8. The van der Waals surface area contributed by atoms with Gasteiger partial charge in [0.05, 0.1) is 16.9 Å². The summed E-state index contributed by atoms with van der Waals surface area (Å²) in [7, 11) is 0. The van der Waals surface area contributed by atoms with E-state index in [4.69, 9.17) is 23.2 Å². The van der Waals surface area contributed by atoms with Crippen molar-refractivity contribution in [3.8, 4) is 0 Å². The highest BCUT2D eigenvalue weighted by Gasteiger charge is 2.08. The third-order valence-corrected chi connectivity index (χ3v) is 2.72. The molecule has 0 bridgehead atoms. The van der Waals surface area contributed by atoms with Gasteiger partial charge in [-0.3, -0.25) is 4.79 Å². The molecule has 18 heavy (non-hydrogen) atoms. The minimum absolute atomic E-state index is 0.272. The third kappa shape index (κ3) is 2.97. The van der Waals surface area contributed by atoms with Crippen LogP contribution in [0.3, 0.4) is 0 Å². The SMILES string of the molecule is Cc1nc(Cl)ccc1NC(=O)c1ccc(Cl)nc1. The Morgan fingerprint density at radius 1 is 1.17 bits per heavy atom. The van der Waals surface area contributed by atoms with Gasteiger partial charge < -0.3 is 5.32 Å². The molecule has 0 atom stereocenters. The molecule has 0 aliphatic rings. The fourth-order valence-corrected chi connectivity index (χ4v) is 1.67. The zero-order chi connectivity index (χ0) is 13.1. The predicted octanol–water partition coefficient (Wildman–Crippen LogP) is 3.34. The van der Waals surface area contributed by atoms with Crippen LogP contribution < -0.4 is 5.32 Å². The first-order chi connectivity index (χ1) is 8.56. The van der Waals surface area contributed by atoms with Crippen LogP contribution in [0.4, 0.5) is 5.69 Å². The molecule has 0 aliphatic carbocycles. The number of nitrogens with one attached hydrogen (secondary N) is 1. The van der Waals surface area contributed by atoms with Crippen LogP contribution in [-0.4, -0.2) is 15.9 Å². The van der Waals surface area contributed by atoms with Crippen molar-refractivity contribution in [1.29, 1.82) is 0 Å². The number of pyridine rings is 2. The Labute approximate surface area is 114 Å². The van der Waals surface area contributed by atoms with Crippen LogP contribution in [0.15, 0.2) is 30.5 Å². The fraction of sp³-hybridized carbons (Fsp3) is 0.0833. The first-order valence-corrected chi connectivity index (χ1v) is 5.88. The molecular weight excluding hydrogens is 273 g/mol. The molecule has 0 saturated carbocycles. The van der Waals surface area contributed by atoms with Gasteiger partial charge in [0.2, 0.25) is 0 Å². The number of aryl methyl sites for hydroxylation is 1. The van der Waals surface area contributed by atoms with Crippen LogP contribution in [0.25, 0.3) is 0 Å². The standard InChI is InChI=1S/C12H9Cl2N3O/c1-7-9(3-5-11(14)16-7)17-12(18)8-2-4-10(13)15-6-8/h2-6H,1H3,(H,17,18). The van der Waals surface area contributed by atoms with Gasteiger partial charge in [-0.05, 0) is 31.2 Å². The average Bonchev–Trinajstić information content (AvgIpc) is 2.33. The molecule has 0 fully saturated rings. The Morgan fingerprint density at radius 3 is 2.50 bits per heavy atom. The van der Waals surface area contributed by atoms with E-state index in [-0.39, 0.29) is 5.91 Å². The van der Waals surface area contributed by atoms with Gasteiger partial charge in [0.25, 0.3) is 5.91 Å². The van der Waals surface area contributed by atoms with Crippen molar-refractivity contribution in [3.63, 3.8) is 0 Å². The van der Waals surface area contributed by atoms with Crippen molar-refractivity contribution in [2.24, 2.45) is 0 Å². The van der Waals surface area contributed by atoms with E-state index in [0.29, 0.717) is 27.3 Å². The number of anilines is 1. The topological polar surface area (TPSA) is 54.9 Å². The molecule has 0 radical (unpaired) electrons. The fourth-order valence-electron chi connectivity index (χ4n) is 1.37. The Hall–Kier alpha value is -1.65. The minimum atomic E-state index is -0.272. The number of carbonyl (C=O) groups excluding carboxylic acids is 1. The summed E-state index contributed by atoms with van der Waals surface area (Å²) in [6.45, 7) is 1.77. The lowest BCUT2D eigenvalue weighted by molar-refractivity contribution is 0.102. The molecule has 0 aromatic carbocycles. The van der Waals surface area contributed by atoms with Gasteiger partial charge in [-0.1, -0.05) is 23.2 Å². The smallest absolute Gasteiger partial charge is 0.257 e. The van der Waals surface area contributed by atoms with Gasteiger partial charge in [0.1, 0.15) is 10.3 Å². The highest BCUT2D eigenvalue weighted by atomic mass is 35.5. The Morgan fingerprint density at radius 2 is 1.89 bits per heavy atom. The molecule has 0 saturated heterocycles. The summed E-state index contributed by atoms with van der Waals surface area (Å²) in [6, 6.07) is 6.48. The maximum atomic E-state index is 11.9. The summed E-state index contributed by atoms with van der Waals surface area (Å²) < 4.78 is 0. The van der Waals surface area contributed by atoms with E-state index in [1.54, 1.807) is 31.2 Å². The Balaban J connectivity index is 2.18. The molecule has 1 amide bonds. The lowest BCUT2D eigenvalue weighted by atomic mass is 10.2. The van der Waals surface area contributed by atoms with Crippen LogP contribution in [0.5, 0.6) is 0 Å². The lowest BCUT2D eigenvalue weighted by Crippen LogP contribution is -2.13. The van der Waals surface area contributed by atoms with E-state index < -0.39 is 0 Å². The van der Waals surface area contributed by atoms with Crippen molar-refractivity contribution < 1.29 is 4.79 Å². The highest BCUT2D eigenvalue weighted by molar-refractivity contribution is 6.29. The largest absolute Gasteiger partial charge is 0.320 e. The monoisotopic (exact) mass is 281 g/mol. The zero-order valence-corrected chi connectivity index (χ0v) is 11.0. The Bertz CT molecular complexity index is 584. The van der Waals surface area contributed by atoms with Crippen LogP contribution in [-0.2, 0) is 0 Å². The zero-order valence-electron chi connectivity index (χ0n) is 9.45. The van der Waals surface area contributed by atoms with E-state index in [2.05, 4.69) is 15.3 Å². The van der Waals surface area contributed by atoms with Crippen molar-refractivity contribution in [2.75, 3.05) is 5.32 Å². The normalized spacial score (nSPS) is 10.2. The van der Waals surface area contributed by atoms with Crippen LogP contribution in [0, 0.1) is 6.92 Å². The summed E-state index contributed by atoms with van der Waals surface area (Å²) in [6.07, 6.45) is 1.41. The van der Waals surface area contributed by atoms with Gasteiger partial charge in [-0.2, -0.15) is 0 Å². The van der Waals surface area contributed by atoms with Gasteiger partial charge in [-0.25, -0.2) is 9.97 Å².